The highest BCUT2D eigenvalue weighted by molar-refractivity contribution is 5.83. The summed E-state index contributed by atoms with van der Waals surface area (Å²) in [6, 6.07) is 25.8. The lowest BCUT2D eigenvalue weighted by atomic mass is 10.0. The van der Waals surface area contributed by atoms with Crippen molar-refractivity contribution < 1.29 is 0 Å². The van der Waals surface area contributed by atoms with E-state index in [0.717, 1.165) is 22.2 Å². The quantitative estimate of drug-likeness (QED) is 0.427. The lowest BCUT2D eigenvalue weighted by Gasteiger charge is -2.18. The molecular weight excluding hydrogens is 344 g/mol. The van der Waals surface area contributed by atoms with Crippen molar-refractivity contribution in [3.8, 4) is 11.4 Å². The maximum atomic E-state index is 13.2. The monoisotopic (exact) mass is 366 g/mol. The fraction of sp³-hybridized carbons (Fsp3) is 0.120. The molecule has 4 aromatic rings. The van der Waals surface area contributed by atoms with E-state index < -0.39 is 0 Å². The van der Waals surface area contributed by atoms with Gasteiger partial charge in [0, 0.05) is 11.6 Å². The molecule has 3 aromatic carbocycles. The van der Waals surface area contributed by atoms with E-state index in [1.807, 2.05) is 74.5 Å². The van der Waals surface area contributed by atoms with Gasteiger partial charge in [0.1, 0.15) is 5.82 Å². The standard InChI is InChI=1S/C25H22N2O/c1-18(2)27-24(26-23-15-9-8-14-22(23)25(27)28)21-13-7-6-12-20(21)17-16-19-10-4-3-5-11-19/h3-18H,1-2H3/b17-16+. The molecule has 0 saturated carbocycles. The molecule has 3 nitrogen and oxygen atoms in total. The average Bonchev–Trinajstić information content (AvgIpc) is 2.73. The summed E-state index contributed by atoms with van der Waals surface area (Å²) in [5, 5.41) is 0.650. The third-order valence-electron chi connectivity index (χ3n) is 4.78. The predicted octanol–water partition coefficient (Wildman–Crippen LogP) is 5.81. The minimum atomic E-state index is -0.00237. The maximum absolute atomic E-state index is 13.2. The van der Waals surface area contributed by atoms with E-state index in [-0.39, 0.29) is 11.6 Å². The van der Waals surface area contributed by atoms with Gasteiger partial charge in [-0.25, -0.2) is 4.98 Å². The number of rotatable bonds is 4. The summed E-state index contributed by atoms with van der Waals surface area (Å²) >= 11 is 0. The molecule has 0 amide bonds. The highest BCUT2D eigenvalue weighted by Crippen LogP contribution is 2.26. The normalized spacial score (nSPS) is 11.5. The van der Waals surface area contributed by atoms with E-state index >= 15 is 0 Å². The third kappa shape index (κ3) is 3.39. The molecule has 3 heteroatoms. The molecule has 0 saturated heterocycles. The third-order valence-corrected chi connectivity index (χ3v) is 4.78. The molecule has 1 heterocycles. The van der Waals surface area contributed by atoms with Gasteiger partial charge in [-0.2, -0.15) is 0 Å². The van der Waals surface area contributed by atoms with E-state index in [4.69, 9.17) is 4.98 Å². The molecular formula is C25H22N2O. The van der Waals surface area contributed by atoms with Gasteiger partial charge in [0.2, 0.25) is 0 Å². The van der Waals surface area contributed by atoms with Crippen molar-refractivity contribution in [3.63, 3.8) is 0 Å². The fourth-order valence-electron chi connectivity index (χ4n) is 3.41. The maximum Gasteiger partial charge on any atom is 0.261 e. The Morgan fingerprint density at radius 1 is 0.821 bits per heavy atom. The van der Waals surface area contributed by atoms with Crippen LogP contribution < -0.4 is 5.56 Å². The molecule has 28 heavy (non-hydrogen) atoms. The SMILES string of the molecule is CC(C)n1c(-c2ccccc2/C=C/c2ccccc2)nc2ccccc2c1=O. The molecule has 0 N–H and O–H groups in total. The van der Waals surface area contributed by atoms with E-state index in [1.54, 1.807) is 4.57 Å². The second kappa shape index (κ2) is 7.65. The minimum absolute atomic E-state index is 0.00237. The second-order valence-electron chi connectivity index (χ2n) is 7.05. The topological polar surface area (TPSA) is 34.9 Å². The van der Waals surface area contributed by atoms with Crippen molar-refractivity contribution in [2.75, 3.05) is 0 Å². The molecule has 0 aliphatic rings. The van der Waals surface area contributed by atoms with Gasteiger partial charge >= 0.3 is 0 Å². The highest BCUT2D eigenvalue weighted by atomic mass is 16.1. The molecule has 0 aliphatic carbocycles. The summed E-state index contributed by atoms with van der Waals surface area (Å²) in [7, 11) is 0. The van der Waals surface area contributed by atoms with Crippen LogP contribution in [0.5, 0.6) is 0 Å². The summed E-state index contributed by atoms with van der Waals surface area (Å²) in [6.07, 6.45) is 4.16. The Labute approximate surface area is 164 Å². The molecule has 138 valence electrons. The van der Waals surface area contributed by atoms with Crippen molar-refractivity contribution in [2.24, 2.45) is 0 Å². The van der Waals surface area contributed by atoms with Gasteiger partial charge in [0.15, 0.2) is 0 Å². The van der Waals surface area contributed by atoms with Crippen molar-refractivity contribution in [1.29, 1.82) is 0 Å². The van der Waals surface area contributed by atoms with Crippen LogP contribution in [0, 0.1) is 0 Å². The zero-order valence-electron chi connectivity index (χ0n) is 16.0. The van der Waals surface area contributed by atoms with Gasteiger partial charge in [0.05, 0.1) is 10.9 Å². The van der Waals surface area contributed by atoms with Crippen LogP contribution in [-0.2, 0) is 0 Å². The number of benzene rings is 3. The fourth-order valence-corrected chi connectivity index (χ4v) is 3.41. The molecule has 1 aromatic heterocycles. The Morgan fingerprint density at radius 2 is 1.50 bits per heavy atom. The molecule has 0 aliphatic heterocycles. The number of aromatic nitrogens is 2. The number of para-hydroxylation sites is 1. The summed E-state index contributed by atoms with van der Waals surface area (Å²) in [5.74, 6) is 0.701. The Bertz CT molecular complexity index is 1200. The summed E-state index contributed by atoms with van der Waals surface area (Å²) < 4.78 is 1.79. The zero-order chi connectivity index (χ0) is 19.5. The van der Waals surface area contributed by atoms with Crippen LogP contribution in [0.3, 0.4) is 0 Å². The molecule has 0 radical (unpaired) electrons. The van der Waals surface area contributed by atoms with Crippen LogP contribution in [0.4, 0.5) is 0 Å². The Balaban J connectivity index is 1.93. The molecule has 0 atom stereocenters. The molecule has 0 fully saturated rings. The lowest BCUT2D eigenvalue weighted by molar-refractivity contribution is 0.581. The molecule has 0 bridgehead atoms. The van der Waals surface area contributed by atoms with E-state index in [1.165, 1.54) is 0 Å². The van der Waals surface area contributed by atoms with E-state index in [0.29, 0.717) is 11.2 Å². The number of nitrogens with zero attached hydrogens (tertiary/aromatic N) is 2. The highest BCUT2D eigenvalue weighted by Gasteiger charge is 2.16. The Hall–Kier alpha value is -3.46. The first kappa shape index (κ1) is 17.9. The summed E-state index contributed by atoms with van der Waals surface area (Å²) in [5.41, 5.74) is 3.83. The molecule has 0 spiro atoms. The number of hydrogen-bond donors (Lipinski definition) is 0. The van der Waals surface area contributed by atoms with Crippen LogP contribution in [0.1, 0.15) is 31.0 Å². The summed E-state index contributed by atoms with van der Waals surface area (Å²) in [6.45, 7) is 4.04. The first-order valence-corrected chi connectivity index (χ1v) is 9.49. The van der Waals surface area contributed by atoms with Crippen molar-refractivity contribution in [1.82, 2.24) is 9.55 Å². The van der Waals surface area contributed by atoms with E-state index in [9.17, 15) is 4.79 Å². The van der Waals surface area contributed by atoms with Crippen LogP contribution in [-0.4, -0.2) is 9.55 Å². The second-order valence-corrected chi connectivity index (χ2v) is 7.05. The lowest BCUT2D eigenvalue weighted by Crippen LogP contribution is -2.25. The first-order valence-electron chi connectivity index (χ1n) is 9.49. The average molecular weight is 366 g/mol. The van der Waals surface area contributed by atoms with Gasteiger partial charge in [0.25, 0.3) is 5.56 Å². The van der Waals surface area contributed by atoms with Gasteiger partial charge in [-0.1, -0.05) is 78.9 Å². The first-order chi connectivity index (χ1) is 13.6. The largest absolute Gasteiger partial charge is 0.290 e. The number of fused-ring (bicyclic) bond motifs is 1. The van der Waals surface area contributed by atoms with Gasteiger partial charge in [-0.05, 0) is 37.1 Å². The molecule has 0 unspecified atom stereocenters. The van der Waals surface area contributed by atoms with Gasteiger partial charge < -0.3 is 0 Å². The zero-order valence-corrected chi connectivity index (χ0v) is 16.0. The van der Waals surface area contributed by atoms with Crippen LogP contribution in [0.15, 0.2) is 83.7 Å². The van der Waals surface area contributed by atoms with Gasteiger partial charge in [-0.3, -0.25) is 9.36 Å². The Kier molecular flexibility index (Phi) is 4.90. The smallest absolute Gasteiger partial charge is 0.261 e. The summed E-state index contributed by atoms with van der Waals surface area (Å²) in [4.78, 5) is 18.0. The van der Waals surface area contributed by atoms with Crippen molar-refractivity contribution in [2.45, 2.75) is 19.9 Å². The van der Waals surface area contributed by atoms with Crippen molar-refractivity contribution >= 4 is 23.1 Å². The molecule has 4 rings (SSSR count). The van der Waals surface area contributed by atoms with E-state index in [2.05, 4.69) is 30.4 Å². The predicted molar refractivity (Wildman–Crippen MR) is 117 cm³/mol. The number of hydrogen-bond acceptors (Lipinski definition) is 2. The van der Waals surface area contributed by atoms with Crippen LogP contribution >= 0.6 is 0 Å². The van der Waals surface area contributed by atoms with Crippen molar-refractivity contribution in [3.05, 3.63) is 100 Å². The van der Waals surface area contributed by atoms with Crippen LogP contribution in [0.2, 0.25) is 0 Å². The van der Waals surface area contributed by atoms with Crippen LogP contribution in [0.25, 0.3) is 34.4 Å². The van der Waals surface area contributed by atoms with Gasteiger partial charge in [-0.15, -0.1) is 0 Å². The Morgan fingerprint density at radius 3 is 2.29 bits per heavy atom. The minimum Gasteiger partial charge on any atom is -0.290 e.